The molecule has 21 heavy (non-hydrogen) atoms. The van der Waals surface area contributed by atoms with Crippen molar-refractivity contribution in [1.29, 1.82) is 0 Å². The highest BCUT2D eigenvalue weighted by Gasteiger charge is 2.34. The highest BCUT2D eigenvalue weighted by Crippen LogP contribution is 2.38. The molecule has 5 nitrogen and oxygen atoms in total. The summed E-state index contributed by atoms with van der Waals surface area (Å²) in [6, 6.07) is 3.44. The maximum Gasteiger partial charge on any atom is 0.296 e. The van der Waals surface area contributed by atoms with Gasteiger partial charge >= 0.3 is 0 Å². The summed E-state index contributed by atoms with van der Waals surface area (Å²) in [6.07, 6.45) is 1.32. The Bertz CT molecular complexity index is 783. The number of nitrogens with zero attached hydrogens (tertiary/aromatic N) is 3. The lowest BCUT2D eigenvalue weighted by Crippen LogP contribution is -2.10. The Morgan fingerprint density at radius 2 is 1.86 bits per heavy atom. The van der Waals surface area contributed by atoms with Crippen LogP contribution in [0.15, 0.2) is 23.4 Å². The van der Waals surface area contributed by atoms with E-state index in [1.807, 2.05) is 0 Å². The van der Waals surface area contributed by atoms with Gasteiger partial charge in [0.1, 0.15) is 17.5 Å². The molecule has 0 amide bonds. The van der Waals surface area contributed by atoms with Crippen LogP contribution in [-0.2, 0) is 15.5 Å². The van der Waals surface area contributed by atoms with Crippen molar-refractivity contribution in [2.24, 2.45) is 0 Å². The van der Waals surface area contributed by atoms with E-state index in [4.69, 9.17) is 10.7 Å². The van der Waals surface area contributed by atoms with Crippen LogP contribution in [0.25, 0.3) is 0 Å². The van der Waals surface area contributed by atoms with E-state index in [9.17, 15) is 17.2 Å². The van der Waals surface area contributed by atoms with E-state index in [1.165, 1.54) is 10.6 Å². The average molecular weight is 334 g/mol. The molecule has 0 aliphatic heterocycles. The number of aromatic nitrogens is 3. The van der Waals surface area contributed by atoms with Crippen molar-refractivity contribution in [3.63, 3.8) is 0 Å². The molecule has 112 valence electrons. The van der Waals surface area contributed by atoms with Gasteiger partial charge < -0.3 is 0 Å². The van der Waals surface area contributed by atoms with E-state index >= 15 is 0 Å². The van der Waals surface area contributed by atoms with Gasteiger partial charge in [-0.15, -0.1) is 10.2 Å². The molecule has 9 heteroatoms. The summed E-state index contributed by atoms with van der Waals surface area (Å²) in [7, 11) is 1.26. The van der Waals surface area contributed by atoms with Gasteiger partial charge in [-0.3, -0.25) is 4.57 Å². The van der Waals surface area contributed by atoms with Crippen LogP contribution >= 0.6 is 10.7 Å². The molecule has 1 aliphatic rings. The molecule has 0 radical (unpaired) electrons. The Kier molecular flexibility index (Phi) is 3.45. The number of benzene rings is 1. The van der Waals surface area contributed by atoms with Crippen molar-refractivity contribution in [3.05, 3.63) is 41.2 Å². The third-order valence-electron chi connectivity index (χ3n) is 3.26. The van der Waals surface area contributed by atoms with Gasteiger partial charge in [0.25, 0.3) is 14.2 Å². The molecule has 1 fully saturated rings. The summed E-state index contributed by atoms with van der Waals surface area (Å²) >= 11 is 0. The first-order valence-corrected chi connectivity index (χ1v) is 8.50. The predicted molar refractivity (Wildman–Crippen MR) is 70.5 cm³/mol. The summed E-state index contributed by atoms with van der Waals surface area (Å²) < 4.78 is 51.7. The Balaban J connectivity index is 2.06. The van der Waals surface area contributed by atoms with Crippen molar-refractivity contribution >= 4 is 19.7 Å². The molecule has 1 aliphatic carbocycles. The zero-order valence-corrected chi connectivity index (χ0v) is 12.2. The van der Waals surface area contributed by atoms with E-state index in [-0.39, 0.29) is 29.0 Å². The first-order valence-electron chi connectivity index (χ1n) is 6.19. The van der Waals surface area contributed by atoms with Gasteiger partial charge in [-0.2, -0.15) is 0 Å². The van der Waals surface area contributed by atoms with Gasteiger partial charge in [-0.1, -0.05) is 6.07 Å². The smallest absolute Gasteiger partial charge is 0.296 e. The van der Waals surface area contributed by atoms with E-state index in [1.54, 1.807) is 0 Å². The maximum atomic E-state index is 13.7. The van der Waals surface area contributed by atoms with Gasteiger partial charge in [-0.05, 0) is 25.0 Å². The zero-order valence-electron chi connectivity index (χ0n) is 10.6. The molecule has 2 aromatic rings. The number of hydrogen-bond donors (Lipinski definition) is 0. The van der Waals surface area contributed by atoms with E-state index < -0.39 is 20.7 Å². The summed E-state index contributed by atoms with van der Waals surface area (Å²) in [5.41, 5.74) is -0.176. The number of hydrogen-bond acceptors (Lipinski definition) is 4. The van der Waals surface area contributed by atoms with Crippen LogP contribution in [0.5, 0.6) is 0 Å². The summed E-state index contributed by atoms with van der Waals surface area (Å²) in [5, 5.41) is 6.91. The van der Waals surface area contributed by atoms with Crippen molar-refractivity contribution < 1.29 is 17.2 Å². The molecule has 0 saturated heterocycles. The van der Waals surface area contributed by atoms with Crippen molar-refractivity contribution in [2.75, 3.05) is 0 Å². The molecule has 3 rings (SSSR count). The lowest BCUT2D eigenvalue weighted by molar-refractivity contribution is 0.548. The summed E-state index contributed by atoms with van der Waals surface area (Å²) in [6.45, 7) is 0. The Hall–Kier alpha value is -1.54. The molecular formula is C12H10ClF2N3O2S. The molecule has 0 N–H and O–H groups in total. The number of halogens is 3. The average Bonchev–Trinajstić information content (AvgIpc) is 3.13. The van der Waals surface area contributed by atoms with Crippen LogP contribution in [0.2, 0.25) is 0 Å². The van der Waals surface area contributed by atoms with E-state index in [2.05, 4.69) is 10.2 Å². The zero-order chi connectivity index (χ0) is 15.2. The van der Waals surface area contributed by atoms with Crippen LogP contribution in [0.4, 0.5) is 8.78 Å². The Labute approximate surface area is 124 Å². The van der Waals surface area contributed by atoms with Gasteiger partial charge in [0, 0.05) is 28.7 Å². The summed E-state index contributed by atoms with van der Waals surface area (Å²) in [4.78, 5) is 0. The second-order valence-corrected chi connectivity index (χ2v) is 7.27. The second kappa shape index (κ2) is 5.03. The van der Waals surface area contributed by atoms with Crippen LogP contribution in [0, 0.1) is 11.6 Å². The van der Waals surface area contributed by atoms with Gasteiger partial charge in [0.2, 0.25) is 0 Å². The minimum Gasteiger partial charge on any atom is -0.297 e. The molecule has 0 bridgehead atoms. The fraction of sp³-hybridized carbons (Fsp3) is 0.333. The topological polar surface area (TPSA) is 64.8 Å². The fourth-order valence-electron chi connectivity index (χ4n) is 2.15. The lowest BCUT2D eigenvalue weighted by atomic mass is 10.1. The highest BCUT2D eigenvalue weighted by molar-refractivity contribution is 8.13. The normalized spacial score (nSPS) is 15.4. The Morgan fingerprint density at radius 3 is 2.38 bits per heavy atom. The van der Waals surface area contributed by atoms with Crippen LogP contribution in [0.3, 0.4) is 0 Å². The maximum absolute atomic E-state index is 13.7. The predicted octanol–water partition coefficient (Wildman–Crippen LogP) is 2.41. The molecular weight excluding hydrogens is 324 g/mol. The minimum absolute atomic E-state index is 0.0895. The van der Waals surface area contributed by atoms with Gasteiger partial charge in [0.15, 0.2) is 0 Å². The van der Waals surface area contributed by atoms with Crippen LogP contribution in [-0.4, -0.2) is 23.2 Å². The SMILES string of the molecule is O=S(=O)(Cl)c1nnc(Cc2c(F)cccc2F)n1C1CC1. The molecule has 0 spiro atoms. The minimum atomic E-state index is -4.06. The van der Waals surface area contributed by atoms with E-state index in [0.717, 1.165) is 25.0 Å². The lowest BCUT2D eigenvalue weighted by Gasteiger charge is -2.08. The molecule has 0 atom stereocenters. The summed E-state index contributed by atoms with van der Waals surface area (Å²) in [5.74, 6) is -1.24. The van der Waals surface area contributed by atoms with E-state index in [0.29, 0.717) is 0 Å². The number of rotatable bonds is 4. The van der Waals surface area contributed by atoms with Crippen LogP contribution in [0.1, 0.15) is 30.3 Å². The van der Waals surface area contributed by atoms with Crippen molar-refractivity contribution in [1.82, 2.24) is 14.8 Å². The second-order valence-electron chi connectivity index (χ2n) is 4.81. The quantitative estimate of drug-likeness (QED) is 0.806. The van der Waals surface area contributed by atoms with Crippen molar-refractivity contribution in [3.8, 4) is 0 Å². The van der Waals surface area contributed by atoms with Gasteiger partial charge in [-0.25, -0.2) is 17.2 Å². The third kappa shape index (κ3) is 2.77. The first-order chi connectivity index (χ1) is 9.88. The molecule has 1 heterocycles. The fourth-order valence-corrected chi connectivity index (χ4v) is 3.10. The van der Waals surface area contributed by atoms with Crippen LogP contribution < -0.4 is 0 Å². The Morgan fingerprint density at radius 1 is 1.24 bits per heavy atom. The first kappa shape index (κ1) is 14.4. The third-order valence-corrected chi connectivity index (χ3v) is 4.39. The van der Waals surface area contributed by atoms with Crippen molar-refractivity contribution in [2.45, 2.75) is 30.5 Å². The monoisotopic (exact) mass is 333 g/mol. The highest BCUT2D eigenvalue weighted by atomic mass is 35.7. The molecule has 0 unspecified atom stereocenters. The molecule has 1 aromatic carbocycles. The molecule has 1 saturated carbocycles. The molecule has 1 aromatic heterocycles. The standard InChI is InChI=1S/C12H10ClF2N3O2S/c13-21(19,20)12-17-16-11(18(12)7-4-5-7)6-8-9(14)2-1-3-10(8)15/h1-3,7H,4-6H2. The van der Waals surface area contributed by atoms with Gasteiger partial charge in [0.05, 0.1) is 0 Å². The largest absolute Gasteiger partial charge is 0.297 e.